The number of rotatable bonds is 5. The fourth-order valence-electron chi connectivity index (χ4n) is 2.95. The first-order valence-corrected chi connectivity index (χ1v) is 8.61. The quantitative estimate of drug-likeness (QED) is 0.875. The Labute approximate surface area is 138 Å². The fraction of sp³-hybridized carbons (Fsp3) is 0.533. The Hall–Kier alpha value is -1.93. The second-order valence-corrected chi connectivity index (χ2v) is 6.75. The monoisotopic (exact) mass is 335 g/mol. The highest BCUT2D eigenvalue weighted by Crippen LogP contribution is 2.28. The Morgan fingerprint density at radius 1 is 1.30 bits per heavy atom. The number of nitrogens with one attached hydrogen (secondary N) is 1. The average Bonchev–Trinajstić information content (AvgIpc) is 3.24. The second-order valence-electron chi connectivity index (χ2n) is 5.77. The first kappa shape index (κ1) is 15.9. The van der Waals surface area contributed by atoms with Crippen LogP contribution in [-0.4, -0.2) is 38.9 Å². The van der Waals surface area contributed by atoms with Gasteiger partial charge >= 0.3 is 5.69 Å². The number of thiophene rings is 1. The molecule has 0 bridgehead atoms. The highest BCUT2D eigenvalue weighted by atomic mass is 32.1. The summed E-state index contributed by atoms with van der Waals surface area (Å²) in [6, 6.07) is 4.40. The summed E-state index contributed by atoms with van der Waals surface area (Å²) in [4.78, 5) is 27.6. The summed E-state index contributed by atoms with van der Waals surface area (Å²) in [6.07, 6.45) is 2.42. The summed E-state index contributed by atoms with van der Waals surface area (Å²) in [5.41, 5.74) is -0.811. The van der Waals surface area contributed by atoms with E-state index in [1.807, 2.05) is 6.07 Å². The van der Waals surface area contributed by atoms with Gasteiger partial charge in [-0.2, -0.15) is 0 Å². The molecule has 2 aromatic rings. The Morgan fingerprint density at radius 2 is 2.04 bits per heavy atom. The normalized spacial score (nSPS) is 16.6. The summed E-state index contributed by atoms with van der Waals surface area (Å²) < 4.78 is 2.26. The third kappa shape index (κ3) is 3.23. The number of hydrogen-bond acceptors (Lipinski definition) is 6. The Balaban J connectivity index is 1.82. The van der Waals surface area contributed by atoms with Gasteiger partial charge in [0.1, 0.15) is 0 Å². The minimum Gasteiger partial charge on any atom is -0.362 e. The molecule has 3 rings (SSSR count). The van der Waals surface area contributed by atoms with Crippen molar-refractivity contribution in [1.29, 1.82) is 0 Å². The van der Waals surface area contributed by atoms with Gasteiger partial charge in [0.2, 0.25) is 5.82 Å². The van der Waals surface area contributed by atoms with Gasteiger partial charge in [-0.25, -0.2) is 9.48 Å². The summed E-state index contributed by atoms with van der Waals surface area (Å²) >= 11 is 1.73. The third-order valence-electron chi connectivity index (χ3n) is 4.24. The van der Waals surface area contributed by atoms with E-state index in [0.29, 0.717) is 6.54 Å². The molecule has 3 heterocycles. The van der Waals surface area contributed by atoms with Gasteiger partial charge in [-0.15, -0.1) is 16.4 Å². The zero-order valence-electron chi connectivity index (χ0n) is 13.4. The van der Waals surface area contributed by atoms with Crippen LogP contribution in [0.25, 0.3) is 0 Å². The van der Waals surface area contributed by atoms with Crippen LogP contribution in [0.2, 0.25) is 0 Å². The molecule has 0 radical (unpaired) electrons. The van der Waals surface area contributed by atoms with Gasteiger partial charge in [0.15, 0.2) is 0 Å². The lowest BCUT2D eigenvalue weighted by Crippen LogP contribution is -2.41. The Morgan fingerprint density at radius 3 is 2.70 bits per heavy atom. The van der Waals surface area contributed by atoms with Crippen molar-refractivity contribution in [3.8, 4) is 0 Å². The lowest BCUT2D eigenvalue weighted by atomic mass is 10.2. The van der Waals surface area contributed by atoms with Crippen LogP contribution in [0, 0.1) is 0 Å². The van der Waals surface area contributed by atoms with Crippen LogP contribution in [-0.2, 0) is 14.1 Å². The third-order valence-corrected chi connectivity index (χ3v) is 5.21. The fourth-order valence-corrected chi connectivity index (χ4v) is 3.81. The summed E-state index contributed by atoms with van der Waals surface area (Å²) in [6.45, 7) is 2.74. The lowest BCUT2D eigenvalue weighted by Gasteiger charge is -2.27. The number of aromatic nitrogens is 3. The number of anilines is 1. The molecule has 0 spiro atoms. The number of aryl methyl sites for hydroxylation is 1. The van der Waals surface area contributed by atoms with E-state index < -0.39 is 5.69 Å². The molecule has 0 amide bonds. The molecular weight excluding hydrogens is 314 g/mol. The van der Waals surface area contributed by atoms with E-state index in [2.05, 4.69) is 26.8 Å². The van der Waals surface area contributed by atoms with Crippen molar-refractivity contribution in [2.45, 2.75) is 18.9 Å². The first-order chi connectivity index (χ1) is 11.1. The number of hydrogen-bond donors (Lipinski definition) is 1. The minimum atomic E-state index is -0.421. The van der Waals surface area contributed by atoms with E-state index in [9.17, 15) is 9.59 Å². The van der Waals surface area contributed by atoms with E-state index >= 15 is 0 Å². The summed E-state index contributed by atoms with van der Waals surface area (Å²) in [5.74, 6) is 0.218. The molecule has 1 aliphatic heterocycles. The van der Waals surface area contributed by atoms with E-state index in [-0.39, 0.29) is 17.4 Å². The van der Waals surface area contributed by atoms with Gasteiger partial charge in [0, 0.05) is 25.5 Å². The van der Waals surface area contributed by atoms with Crippen LogP contribution >= 0.6 is 11.3 Å². The molecular formula is C15H21N5O2S. The van der Waals surface area contributed by atoms with Crippen molar-refractivity contribution in [2.75, 3.05) is 25.0 Å². The first-order valence-electron chi connectivity index (χ1n) is 7.73. The lowest BCUT2D eigenvalue weighted by molar-refractivity contribution is 0.259. The van der Waals surface area contributed by atoms with Gasteiger partial charge in [-0.3, -0.25) is 14.3 Å². The van der Waals surface area contributed by atoms with Crippen LogP contribution in [0.3, 0.4) is 0 Å². The van der Waals surface area contributed by atoms with E-state index in [4.69, 9.17) is 0 Å². The van der Waals surface area contributed by atoms with Gasteiger partial charge in [-0.1, -0.05) is 6.07 Å². The molecule has 0 aliphatic carbocycles. The van der Waals surface area contributed by atoms with E-state index in [0.717, 1.165) is 17.7 Å². The molecule has 23 heavy (non-hydrogen) atoms. The van der Waals surface area contributed by atoms with Crippen LogP contribution in [0.4, 0.5) is 5.82 Å². The SMILES string of the molecule is Cn1nc(NC[C@@H](c2cccs2)N2CCCC2)c(=O)n(C)c1=O. The van der Waals surface area contributed by atoms with Gasteiger partial charge in [0.25, 0.3) is 5.56 Å². The van der Waals surface area contributed by atoms with Gasteiger partial charge in [0.05, 0.1) is 6.04 Å². The Bertz CT molecular complexity index is 774. The van der Waals surface area contributed by atoms with Crippen molar-refractivity contribution >= 4 is 17.2 Å². The highest BCUT2D eigenvalue weighted by molar-refractivity contribution is 7.10. The van der Waals surface area contributed by atoms with Crippen molar-refractivity contribution in [3.05, 3.63) is 43.2 Å². The predicted molar refractivity (Wildman–Crippen MR) is 91.1 cm³/mol. The molecule has 2 aromatic heterocycles. The largest absolute Gasteiger partial charge is 0.362 e. The van der Waals surface area contributed by atoms with Gasteiger partial charge < -0.3 is 5.32 Å². The molecule has 1 N–H and O–H groups in total. The molecule has 0 aromatic carbocycles. The molecule has 1 fully saturated rings. The Kier molecular flexibility index (Phi) is 4.63. The number of likely N-dealkylation sites (tertiary alicyclic amines) is 1. The van der Waals surface area contributed by atoms with Crippen molar-refractivity contribution in [1.82, 2.24) is 19.2 Å². The van der Waals surface area contributed by atoms with Crippen LogP contribution in [0.1, 0.15) is 23.8 Å². The molecule has 124 valence electrons. The maximum Gasteiger partial charge on any atom is 0.346 e. The predicted octanol–water partition coefficient (Wildman–Crippen LogP) is 0.790. The molecule has 0 unspecified atom stereocenters. The molecule has 1 aliphatic rings. The maximum atomic E-state index is 12.2. The zero-order valence-corrected chi connectivity index (χ0v) is 14.2. The molecule has 0 saturated carbocycles. The van der Waals surface area contributed by atoms with Crippen LogP contribution in [0.15, 0.2) is 27.1 Å². The van der Waals surface area contributed by atoms with Gasteiger partial charge in [-0.05, 0) is 37.4 Å². The second kappa shape index (κ2) is 6.67. The topological polar surface area (TPSA) is 72.2 Å². The molecule has 1 atom stereocenters. The van der Waals surface area contributed by atoms with E-state index in [1.54, 1.807) is 18.4 Å². The maximum absolute atomic E-state index is 12.2. The number of nitrogens with zero attached hydrogens (tertiary/aromatic N) is 4. The standard InChI is InChI=1S/C15H21N5O2S/c1-18-14(21)13(17-19(2)15(18)22)16-10-11(12-6-5-9-23-12)20-7-3-4-8-20/h5-6,9,11H,3-4,7-8,10H2,1-2H3,(H,16,17)/t11-/m0/s1. The van der Waals surface area contributed by atoms with Crippen molar-refractivity contribution < 1.29 is 0 Å². The molecule has 1 saturated heterocycles. The molecule has 8 heteroatoms. The smallest absolute Gasteiger partial charge is 0.346 e. The minimum absolute atomic E-state index is 0.218. The van der Waals surface area contributed by atoms with Crippen molar-refractivity contribution in [3.63, 3.8) is 0 Å². The summed E-state index contributed by atoms with van der Waals surface area (Å²) in [5, 5.41) is 9.28. The highest BCUT2D eigenvalue weighted by Gasteiger charge is 2.24. The van der Waals surface area contributed by atoms with Crippen LogP contribution in [0.5, 0.6) is 0 Å². The summed E-state index contributed by atoms with van der Waals surface area (Å²) in [7, 11) is 3.01. The van der Waals surface area contributed by atoms with E-state index in [1.165, 1.54) is 29.4 Å². The average molecular weight is 335 g/mol. The van der Waals surface area contributed by atoms with Crippen LogP contribution < -0.4 is 16.6 Å². The molecule has 7 nitrogen and oxygen atoms in total. The van der Waals surface area contributed by atoms with Crippen molar-refractivity contribution in [2.24, 2.45) is 14.1 Å². The zero-order chi connectivity index (χ0) is 16.4.